The van der Waals surface area contributed by atoms with Crippen molar-refractivity contribution in [1.82, 2.24) is 4.73 Å². The molecule has 0 bridgehead atoms. The maximum Gasteiger partial charge on any atom is 0.280 e. The van der Waals surface area contributed by atoms with Crippen molar-refractivity contribution in [2.24, 2.45) is 4.99 Å². The zero-order valence-corrected chi connectivity index (χ0v) is 13.0. The topological polar surface area (TPSA) is 54.6 Å². The standard InChI is InChI=1S/C18H14N2O2S/c21-18(19-17-12-6-7-13-20(17)22)15-10-4-5-11-16(15)23-14-8-2-1-3-9-14/h1-13,22H. The van der Waals surface area contributed by atoms with Gasteiger partial charge in [-0.05, 0) is 36.4 Å². The van der Waals surface area contributed by atoms with Gasteiger partial charge >= 0.3 is 0 Å². The van der Waals surface area contributed by atoms with Crippen molar-refractivity contribution in [3.8, 4) is 0 Å². The molecule has 0 radical (unpaired) electrons. The molecule has 114 valence electrons. The smallest absolute Gasteiger partial charge is 0.280 e. The van der Waals surface area contributed by atoms with Gasteiger partial charge in [0.05, 0.1) is 5.56 Å². The highest BCUT2D eigenvalue weighted by Crippen LogP contribution is 2.30. The fourth-order valence-electron chi connectivity index (χ4n) is 2.03. The van der Waals surface area contributed by atoms with Crippen molar-refractivity contribution >= 4 is 17.7 Å². The van der Waals surface area contributed by atoms with E-state index in [-0.39, 0.29) is 5.49 Å². The van der Waals surface area contributed by atoms with Crippen LogP contribution < -0.4 is 5.49 Å². The Hall–Kier alpha value is -2.79. The van der Waals surface area contributed by atoms with E-state index in [1.807, 2.05) is 42.5 Å². The molecule has 0 aliphatic rings. The van der Waals surface area contributed by atoms with Gasteiger partial charge in [-0.1, -0.05) is 48.2 Å². The normalized spacial score (nSPS) is 11.4. The van der Waals surface area contributed by atoms with Gasteiger partial charge in [-0.2, -0.15) is 9.72 Å². The van der Waals surface area contributed by atoms with Gasteiger partial charge in [-0.3, -0.25) is 4.79 Å². The van der Waals surface area contributed by atoms with Crippen LogP contribution in [0.2, 0.25) is 0 Å². The van der Waals surface area contributed by atoms with E-state index in [1.165, 1.54) is 18.0 Å². The molecule has 1 amide bonds. The Bertz CT molecular complexity index is 889. The summed E-state index contributed by atoms with van der Waals surface area (Å²) in [4.78, 5) is 18.3. The number of aromatic nitrogens is 1. The van der Waals surface area contributed by atoms with Crippen LogP contribution in [-0.4, -0.2) is 15.8 Å². The molecule has 5 heteroatoms. The van der Waals surface area contributed by atoms with Crippen molar-refractivity contribution in [1.29, 1.82) is 0 Å². The molecule has 1 N–H and O–H groups in total. The number of carbonyl (C=O) groups excluding carboxylic acids is 1. The van der Waals surface area contributed by atoms with Gasteiger partial charge in [0, 0.05) is 16.0 Å². The predicted octanol–water partition coefficient (Wildman–Crippen LogP) is 3.62. The highest BCUT2D eigenvalue weighted by atomic mass is 32.2. The number of rotatable bonds is 3. The van der Waals surface area contributed by atoms with E-state index in [1.54, 1.807) is 30.3 Å². The summed E-state index contributed by atoms with van der Waals surface area (Å²) in [5, 5.41) is 9.68. The van der Waals surface area contributed by atoms with Crippen molar-refractivity contribution in [2.45, 2.75) is 9.79 Å². The summed E-state index contributed by atoms with van der Waals surface area (Å²) in [7, 11) is 0. The summed E-state index contributed by atoms with van der Waals surface area (Å²) in [6.45, 7) is 0. The monoisotopic (exact) mass is 322 g/mol. The molecule has 0 aliphatic carbocycles. The second-order valence-corrected chi connectivity index (χ2v) is 5.85. The number of amides is 1. The molecule has 3 rings (SSSR count). The minimum absolute atomic E-state index is 0.192. The molecule has 0 unspecified atom stereocenters. The first kappa shape index (κ1) is 15.1. The highest BCUT2D eigenvalue weighted by molar-refractivity contribution is 7.99. The fraction of sp³-hybridized carbons (Fsp3) is 0. The van der Waals surface area contributed by atoms with Crippen LogP contribution >= 0.6 is 11.8 Å². The maximum atomic E-state index is 12.5. The Kier molecular flexibility index (Phi) is 4.59. The third kappa shape index (κ3) is 3.70. The van der Waals surface area contributed by atoms with Crippen LogP contribution in [0.5, 0.6) is 0 Å². The van der Waals surface area contributed by atoms with Gasteiger partial charge < -0.3 is 5.21 Å². The van der Waals surface area contributed by atoms with Crippen LogP contribution in [0.15, 0.2) is 93.8 Å². The van der Waals surface area contributed by atoms with Crippen LogP contribution in [-0.2, 0) is 0 Å². The minimum atomic E-state index is -0.391. The second-order valence-electron chi connectivity index (χ2n) is 4.73. The van der Waals surface area contributed by atoms with Gasteiger partial charge in [0.2, 0.25) is 0 Å². The molecule has 0 saturated carbocycles. The van der Waals surface area contributed by atoms with E-state index in [0.29, 0.717) is 5.56 Å². The molecule has 0 fully saturated rings. The lowest BCUT2D eigenvalue weighted by Gasteiger charge is -2.06. The summed E-state index contributed by atoms with van der Waals surface area (Å²) < 4.78 is 0.824. The average molecular weight is 322 g/mol. The van der Waals surface area contributed by atoms with Gasteiger partial charge in [0.25, 0.3) is 5.91 Å². The van der Waals surface area contributed by atoms with Crippen LogP contribution in [0, 0.1) is 0 Å². The van der Waals surface area contributed by atoms with Crippen molar-refractivity contribution < 1.29 is 10.0 Å². The van der Waals surface area contributed by atoms with E-state index in [0.717, 1.165) is 14.5 Å². The molecule has 1 heterocycles. The molecular weight excluding hydrogens is 308 g/mol. The summed E-state index contributed by atoms with van der Waals surface area (Å²) in [6.07, 6.45) is 1.43. The Labute approximate surface area is 137 Å². The first-order valence-corrected chi connectivity index (χ1v) is 7.83. The van der Waals surface area contributed by atoms with E-state index in [2.05, 4.69) is 4.99 Å². The van der Waals surface area contributed by atoms with E-state index in [4.69, 9.17) is 0 Å². The van der Waals surface area contributed by atoms with Crippen LogP contribution in [0.1, 0.15) is 10.4 Å². The molecule has 1 aromatic heterocycles. The first-order chi connectivity index (χ1) is 11.2. The van der Waals surface area contributed by atoms with Crippen LogP contribution in [0.3, 0.4) is 0 Å². The van der Waals surface area contributed by atoms with Gasteiger partial charge in [0.1, 0.15) is 0 Å². The maximum absolute atomic E-state index is 12.5. The Morgan fingerprint density at radius 3 is 2.39 bits per heavy atom. The molecule has 0 spiro atoms. The zero-order chi connectivity index (χ0) is 16.1. The number of benzene rings is 2. The number of hydrogen-bond acceptors (Lipinski definition) is 3. The van der Waals surface area contributed by atoms with E-state index >= 15 is 0 Å². The average Bonchev–Trinajstić information content (AvgIpc) is 2.58. The summed E-state index contributed by atoms with van der Waals surface area (Å²) >= 11 is 1.51. The van der Waals surface area contributed by atoms with Crippen LogP contribution in [0.4, 0.5) is 0 Å². The third-order valence-corrected chi connectivity index (χ3v) is 4.21. The Morgan fingerprint density at radius 2 is 1.61 bits per heavy atom. The lowest BCUT2D eigenvalue weighted by molar-refractivity contribution is 0.0985. The second kappa shape index (κ2) is 6.98. The number of pyridine rings is 1. The van der Waals surface area contributed by atoms with Crippen LogP contribution in [0.25, 0.3) is 0 Å². The predicted molar refractivity (Wildman–Crippen MR) is 88.5 cm³/mol. The summed E-state index contributed by atoms with van der Waals surface area (Å²) in [5.74, 6) is -0.391. The molecule has 0 saturated heterocycles. The number of carbonyl (C=O) groups is 1. The SMILES string of the molecule is O=C(N=c1ccccn1O)c1ccccc1Sc1ccccc1. The lowest BCUT2D eigenvalue weighted by atomic mass is 10.2. The highest BCUT2D eigenvalue weighted by Gasteiger charge is 2.11. The molecule has 0 aliphatic heterocycles. The third-order valence-electron chi connectivity index (χ3n) is 3.12. The lowest BCUT2D eigenvalue weighted by Crippen LogP contribution is -2.19. The summed E-state index contributed by atoms with van der Waals surface area (Å²) in [6, 6.07) is 22.1. The fourth-order valence-corrected chi connectivity index (χ4v) is 2.99. The van der Waals surface area contributed by atoms with Crippen molar-refractivity contribution in [3.63, 3.8) is 0 Å². The zero-order valence-electron chi connectivity index (χ0n) is 12.2. The van der Waals surface area contributed by atoms with E-state index < -0.39 is 5.91 Å². The first-order valence-electron chi connectivity index (χ1n) is 7.02. The largest absolute Gasteiger partial charge is 0.427 e. The molecule has 0 atom stereocenters. The Balaban J connectivity index is 1.96. The quantitative estimate of drug-likeness (QED) is 0.749. The van der Waals surface area contributed by atoms with Gasteiger partial charge in [-0.25, -0.2) is 0 Å². The molecule has 23 heavy (non-hydrogen) atoms. The summed E-state index contributed by atoms with van der Waals surface area (Å²) in [5.41, 5.74) is 0.697. The molecule has 4 nitrogen and oxygen atoms in total. The minimum Gasteiger partial charge on any atom is -0.427 e. The number of nitrogens with zero attached hydrogens (tertiary/aromatic N) is 2. The van der Waals surface area contributed by atoms with E-state index in [9.17, 15) is 10.0 Å². The van der Waals surface area contributed by atoms with Gasteiger partial charge in [0.15, 0.2) is 5.49 Å². The molecule has 3 aromatic rings. The molecule has 2 aromatic carbocycles. The number of hydrogen-bond donors (Lipinski definition) is 1. The van der Waals surface area contributed by atoms with Crippen molar-refractivity contribution in [2.75, 3.05) is 0 Å². The molecular formula is C18H14N2O2S. The van der Waals surface area contributed by atoms with Gasteiger partial charge in [-0.15, -0.1) is 0 Å². The van der Waals surface area contributed by atoms with Crippen molar-refractivity contribution in [3.05, 3.63) is 90.0 Å². The Morgan fingerprint density at radius 1 is 0.913 bits per heavy atom.